The second-order valence-electron chi connectivity index (χ2n) is 4.32. The van der Waals surface area contributed by atoms with Crippen molar-refractivity contribution in [1.82, 2.24) is 4.98 Å². The van der Waals surface area contributed by atoms with Crippen molar-refractivity contribution in [2.75, 3.05) is 5.73 Å². The summed E-state index contributed by atoms with van der Waals surface area (Å²) in [6, 6.07) is 7.91. The minimum atomic E-state index is 0.408. The topological polar surface area (TPSA) is 38.9 Å². The molecule has 0 bridgehead atoms. The predicted octanol–water partition coefficient (Wildman–Crippen LogP) is 4.09. The van der Waals surface area contributed by atoms with Gasteiger partial charge in [-0.05, 0) is 23.6 Å². The van der Waals surface area contributed by atoms with Crippen LogP contribution in [0.3, 0.4) is 0 Å². The fraction of sp³-hybridized carbons (Fsp3) is 0.308. The zero-order valence-electron chi connectivity index (χ0n) is 9.90. The Bertz CT molecular complexity index is 503. The maximum Gasteiger partial charge on any atom is 0.180 e. The van der Waals surface area contributed by atoms with Crippen molar-refractivity contribution in [3.63, 3.8) is 0 Å². The van der Waals surface area contributed by atoms with Crippen molar-refractivity contribution in [1.29, 1.82) is 0 Å². The molecule has 1 heterocycles. The van der Waals surface area contributed by atoms with Crippen LogP contribution in [-0.2, 0) is 6.42 Å². The van der Waals surface area contributed by atoms with E-state index >= 15 is 0 Å². The van der Waals surface area contributed by atoms with E-state index in [0.717, 1.165) is 17.1 Å². The van der Waals surface area contributed by atoms with Gasteiger partial charge in [0.05, 0.1) is 5.69 Å². The zero-order valence-corrected chi connectivity index (χ0v) is 11.5. The molecule has 2 N–H and O–H groups in total. The van der Waals surface area contributed by atoms with E-state index in [0.29, 0.717) is 11.0 Å². The highest BCUT2D eigenvalue weighted by molar-refractivity contribution is 7.15. The molecule has 2 aromatic rings. The molecule has 2 nitrogen and oxygen atoms in total. The highest BCUT2D eigenvalue weighted by atomic mass is 35.5. The normalized spacial score (nSPS) is 11.1. The molecule has 0 radical (unpaired) electrons. The summed E-state index contributed by atoms with van der Waals surface area (Å²) in [4.78, 5) is 5.64. The first kappa shape index (κ1) is 12.4. The van der Waals surface area contributed by atoms with Crippen LogP contribution in [0.25, 0.3) is 0 Å². The molecular weight excluding hydrogens is 252 g/mol. The van der Waals surface area contributed by atoms with E-state index in [1.165, 1.54) is 10.4 Å². The van der Waals surface area contributed by atoms with Gasteiger partial charge in [-0.25, -0.2) is 4.98 Å². The lowest BCUT2D eigenvalue weighted by Gasteiger charge is -2.05. The largest absolute Gasteiger partial charge is 0.375 e. The molecule has 0 spiro atoms. The number of anilines is 1. The number of rotatable bonds is 3. The van der Waals surface area contributed by atoms with Crippen molar-refractivity contribution >= 4 is 28.1 Å². The lowest BCUT2D eigenvalue weighted by atomic mass is 10.1. The van der Waals surface area contributed by atoms with Gasteiger partial charge in [-0.3, -0.25) is 0 Å². The van der Waals surface area contributed by atoms with Crippen LogP contribution < -0.4 is 5.73 Å². The number of nitrogens with two attached hydrogens (primary N) is 1. The van der Waals surface area contributed by atoms with Crippen molar-refractivity contribution in [3.05, 3.63) is 45.4 Å². The minimum Gasteiger partial charge on any atom is -0.375 e. The SMILES string of the molecule is CC(C)c1nc(N)sc1Cc1ccc(Cl)cc1. The first-order chi connectivity index (χ1) is 8.06. The molecular formula is C13H15ClN2S. The third kappa shape index (κ3) is 2.99. The van der Waals surface area contributed by atoms with E-state index in [2.05, 4.69) is 18.8 Å². The molecule has 1 aromatic carbocycles. The number of thiazole rings is 1. The number of nitrogens with zero attached hydrogens (tertiary/aromatic N) is 1. The Morgan fingerprint density at radius 1 is 1.29 bits per heavy atom. The van der Waals surface area contributed by atoms with Gasteiger partial charge in [-0.15, -0.1) is 11.3 Å². The van der Waals surface area contributed by atoms with E-state index < -0.39 is 0 Å². The van der Waals surface area contributed by atoms with Gasteiger partial charge in [0.15, 0.2) is 5.13 Å². The van der Waals surface area contributed by atoms with Crippen LogP contribution in [0.15, 0.2) is 24.3 Å². The molecule has 0 aliphatic carbocycles. The standard InChI is InChI=1S/C13H15ClN2S/c1-8(2)12-11(17-13(15)16-12)7-9-3-5-10(14)6-4-9/h3-6,8H,7H2,1-2H3,(H2,15,16). The number of halogens is 1. The first-order valence-corrected chi connectivity index (χ1v) is 6.75. The van der Waals surface area contributed by atoms with E-state index in [1.54, 1.807) is 11.3 Å². The molecule has 0 unspecified atom stereocenters. The summed E-state index contributed by atoms with van der Waals surface area (Å²) in [5, 5.41) is 1.42. The summed E-state index contributed by atoms with van der Waals surface area (Å²) in [6.07, 6.45) is 0.875. The zero-order chi connectivity index (χ0) is 12.4. The van der Waals surface area contributed by atoms with Crippen LogP contribution in [-0.4, -0.2) is 4.98 Å². The number of hydrogen-bond acceptors (Lipinski definition) is 3. The minimum absolute atomic E-state index is 0.408. The van der Waals surface area contributed by atoms with E-state index in [9.17, 15) is 0 Å². The molecule has 0 aliphatic rings. The average Bonchev–Trinajstić information content (AvgIpc) is 2.63. The van der Waals surface area contributed by atoms with Crippen molar-refractivity contribution < 1.29 is 0 Å². The summed E-state index contributed by atoms with van der Waals surface area (Å²) in [5.41, 5.74) is 8.13. The number of hydrogen-bond donors (Lipinski definition) is 1. The summed E-state index contributed by atoms with van der Waals surface area (Å²) in [6.45, 7) is 4.28. The van der Waals surface area contributed by atoms with Crippen molar-refractivity contribution in [2.45, 2.75) is 26.2 Å². The van der Waals surface area contributed by atoms with Crippen molar-refractivity contribution in [3.8, 4) is 0 Å². The Hall–Kier alpha value is -1.06. The molecule has 90 valence electrons. The van der Waals surface area contributed by atoms with Crippen LogP contribution in [0.1, 0.15) is 35.9 Å². The molecule has 0 fully saturated rings. The molecule has 0 saturated heterocycles. The molecule has 1 aromatic heterocycles. The van der Waals surface area contributed by atoms with Gasteiger partial charge in [0.25, 0.3) is 0 Å². The lowest BCUT2D eigenvalue weighted by Crippen LogP contribution is -1.95. The van der Waals surface area contributed by atoms with Gasteiger partial charge in [-0.2, -0.15) is 0 Å². The van der Waals surface area contributed by atoms with Gasteiger partial charge in [0.2, 0.25) is 0 Å². The van der Waals surface area contributed by atoms with Gasteiger partial charge >= 0.3 is 0 Å². The summed E-state index contributed by atoms with van der Waals surface area (Å²) < 4.78 is 0. The number of benzene rings is 1. The summed E-state index contributed by atoms with van der Waals surface area (Å²) >= 11 is 7.45. The Morgan fingerprint density at radius 3 is 2.53 bits per heavy atom. The maximum absolute atomic E-state index is 5.87. The van der Waals surface area contributed by atoms with Gasteiger partial charge in [0.1, 0.15) is 0 Å². The Balaban J connectivity index is 2.26. The summed E-state index contributed by atoms with van der Waals surface area (Å²) in [5.74, 6) is 0.408. The highest BCUT2D eigenvalue weighted by Gasteiger charge is 2.13. The lowest BCUT2D eigenvalue weighted by molar-refractivity contribution is 0.820. The van der Waals surface area contributed by atoms with Crippen LogP contribution in [0.2, 0.25) is 5.02 Å². The summed E-state index contributed by atoms with van der Waals surface area (Å²) in [7, 11) is 0. The molecule has 0 aliphatic heterocycles. The Kier molecular flexibility index (Phi) is 3.69. The molecule has 0 atom stereocenters. The molecule has 4 heteroatoms. The smallest absolute Gasteiger partial charge is 0.180 e. The number of nitrogen functional groups attached to an aromatic ring is 1. The second-order valence-corrected chi connectivity index (χ2v) is 5.87. The quantitative estimate of drug-likeness (QED) is 0.909. The Labute approximate surface area is 110 Å². The van der Waals surface area contributed by atoms with Crippen molar-refractivity contribution in [2.24, 2.45) is 0 Å². The van der Waals surface area contributed by atoms with Crippen LogP contribution in [0, 0.1) is 0 Å². The Morgan fingerprint density at radius 2 is 1.94 bits per heavy atom. The van der Waals surface area contributed by atoms with Crippen LogP contribution in [0.5, 0.6) is 0 Å². The fourth-order valence-electron chi connectivity index (χ4n) is 1.75. The van der Waals surface area contributed by atoms with Gasteiger partial charge < -0.3 is 5.73 Å². The van der Waals surface area contributed by atoms with E-state index in [-0.39, 0.29) is 0 Å². The second kappa shape index (κ2) is 5.07. The van der Waals surface area contributed by atoms with Crippen LogP contribution in [0.4, 0.5) is 5.13 Å². The monoisotopic (exact) mass is 266 g/mol. The molecule has 17 heavy (non-hydrogen) atoms. The fourth-order valence-corrected chi connectivity index (χ4v) is 2.89. The van der Waals surface area contributed by atoms with Gasteiger partial charge in [0, 0.05) is 16.3 Å². The third-order valence-corrected chi connectivity index (χ3v) is 3.72. The van der Waals surface area contributed by atoms with E-state index in [1.807, 2.05) is 24.3 Å². The highest BCUT2D eigenvalue weighted by Crippen LogP contribution is 2.28. The average molecular weight is 267 g/mol. The van der Waals surface area contributed by atoms with Gasteiger partial charge in [-0.1, -0.05) is 37.6 Å². The predicted molar refractivity (Wildman–Crippen MR) is 74.9 cm³/mol. The van der Waals surface area contributed by atoms with Crippen LogP contribution >= 0.6 is 22.9 Å². The molecule has 2 rings (SSSR count). The maximum atomic E-state index is 5.87. The third-order valence-electron chi connectivity index (χ3n) is 2.57. The molecule has 0 saturated carbocycles. The molecule has 0 amide bonds. The van der Waals surface area contributed by atoms with E-state index in [4.69, 9.17) is 17.3 Å². The first-order valence-electron chi connectivity index (χ1n) is 5.55. The number of aromatic nitrogens is 1.